The number of carbonyl (C=O) groups is 3. The Kier molecular flexibility index (Phi) is 9.26. The number of hydrogen-bond acceptors (Lipinski definition) is 4. The molecule has 222 valence electrons. The van der Waals surface area contributed by atoms with Gasteiger partial charge in [-0.05, 0) is 76.1 Å². The van der Waals surface area contributed by atoms with E-state index in [4.69, 9.17) is 0 Å². The molecule has 4 N–H and O–H groups in total. The first kappa shape index (κ1) is 30.4. The largest absolute Gasteiger partial charge is 0.416 e. The minimum atomic E-state index is -4.73. The van der Waals surface area contributed by atoms with E-state index in [9.17, 15) is 27.6 Å². The monoisotopic (exact) mass is 573 g/mol. The Morgan fingerprint density at radius 3 is 2.20 bits per heavy atom. The SMILES string of the molecule is CC(C)(C)NC(=O)Nc1cc(C(=O)NCC(=O)NC2CN([C@H]3CC[C@@H](c4ccccc4)CC3)C2)cc(C(F)(F)F)c1. The van der Waals surface area contributed by atoms with Gasteiger partial charge in [0.2, 0.25) is 5.91 Å². The lowest BCUT2D eigenvalue weighted by molar-refractivity contribution is -0.137. The van der Waals surface area contributed by atoms with Gasteiger partial charge in [-0.15, -0.1) is 0 Å². The molecule has 4 rings (SSSR count). The number of amides is 4. The lowest BCUT2D eigenvalue weighted by atomic mass is 9.80. The van der Waals surface area contributed by atoms with Gasteiger partial charge in [0.15, 0.2) is 0 Å². The third-order valence-electron chi connectivity index (χ3n) is 7.44. The van der Waals surface area contributed by atoms with Gasteiger partial charge >= 0.3 is 12.2 Å². The van der Waals surface area contributed by atoms with E-state index in [1.165, 1.54) is 5.56 Å². The summed E-state index contributed by atoms with van der Waals surface area (Å²) in [6, 6.07) is 12.9. The summed E-state index contributed by atoms with van der Waals surface area (Å²) in [7, 11) is 0. The number of halogens is 3. The van der Waals surface area contributed by atoms with Crippen LogP contribution in [-0.4, -0.2) is 60.0 Å². The summed E-state index contributed by atoms with van der Waals surface area (Å²) in [5.74, 6) is -0.668. The van der Waals surface area contributed by atoms with Gasteiger partial charge in [0.25, 0.3) is 5.91 Å². The van der Waals surface area contributed by atoms with Crippen molar-refractivity contribution in [1.82, 2.24) is 20.9 Å². The van der Waals surface area contributed by atoms with Gasteiger partial charge in [0.05, 0.1) is 18.2 Å². The summed E-state index contributed by atoms with van der Waals surface area (Å²) in [4.78, 5) is 39.6. The molecule has 2 aliphatic rings. The molecule has 0 aromatic heterocycles. The average Bonchev–Trinajstić information content (AvgIpc) is 2.88. The van der Waals surface area contributed by atoms with E-state index >= 15 is 0 Å². The number of alkyl halides is 3. The van der Waals surface area contributed by atoms with Gasteiger partial charge in [-0.1, -0.05) is 30.3 Å². The van der Waals surface area contributed by atoms with E-state index in [1.54, 1.807) is 20.8 Å². The highest BCUT2D eigenvalue weighted by atomic mass is 19.4. The zero-order chi connectivity index (χ0) is 29.8. The fourth-order valence-corrected chi connectivity index (χ4v) is 5.44. The molecule has 0 radical (unpaired) electrons. The highest BCUT2D eigenvalue weighted by Crippen LogP contribution is 2.36. The predicted molar refractivity (Wildman–Crippen MR) is 151 cm³/mol. The zero-order valence-corrected chi connectivity index (χ0v) is 23.6. The number of nitrogens with zero attached hydrogens (tertiary/aromatic N) is 1. The molecule has 8 nitrogen and oxygen atoms in total. The van der Waals surface area contributed by atoms with Crippen molar-refractivity contribution in [3.05, 3.63) is 65.2 Å². The maximum atomic E-state index is 13.5. The molecular weight excluding hydrogens is 535 g/mol. The summed E-state index contributed by atoms with van der Waals surface area (Å²) in [5.41, 5.74) is -0.819. The van der Waals surface area contributed by atoms with E-state index in [0.717, 1.165) is 50.9 Å². The highest BCUT2D eigenvalue weighted by Gasteiger charge is 2.36. The lowest BCUT2D eigenvalue weighted by Crippen LogP contribution is -2.63. The van der Waals surface area contributed by atoms with E-state index in [1.807, 2.05) is 6.07 Å². The number of carbonyl (C=O) groups excluding carboxylic acids is 3. The summed E-state index contributed by atoms with van der Waals surface area (Å²) < 4.78 is 40.4. The first-order valence-corrected chi connectivity index (χ1v) is 13.9. The van der Waals surface area contributed by atoms with E-state index in [0.29, 0.717) is 18.0 Å². The average molecular weight is 574 g/mol. The number of nitrogens with one attached hydrogen (secondary N) is 4. The molecule has 1 aliphatic heterocycles. The second kappa shape index (κ2) is 12.5. The summed E-state index contributed by atoms with van der Waals surface area (Å²) in [6.07, 6.45) is -0.226. The first-order chi connectivity index (χ1) is 19.3. The van der Waals surface area contributed by atoms with Crippen LogP contribution in [0, 0.1) is 0 Å². The molecule has 0 unspecified atom stereocenters. The van der Waals surface area contributed by atoms with E-state index in [-0.39, 0.29) is 23.8 Å². The van der Waals surface area contributed by atoms with Crippen LogP contribution in [0.3, 0.4) is 0 Å². The van der Waals surface area contributed by atoms with Crippen molar-refractivity contribution in [2.75, 3.05) is 25.0 Å². The number of benzene rings is 2. The van der Waals surface area contributed by atoms with Crippen molar-refractivity contribution in [2.45, 2.75) is 76.2 Å². The molecule has 41 heavy (non-hydrogen) atoms. The Morgan fingerprint density at radius 2 is 1.59 bits per heavy atom. The van der Waals surface area contributed by atoms with Crippen molar-refractivity contribution < 1.29 is 27.6 Å². The van der Waals surface area contributed by atoms with Crippen molar-refractivity contribution >= 4 is 23.5 Å². The van der Waals surface area contributed by atoms with E-state index in [2.05, 4.69) is 50.4 Å². The molecule has 0 bridgehead atoms. The van der Waals surface area contributed by atoms with Gasteiger partial charge in [0, 0.05) is 35.9 Å². The maximum Gasteiger partial charge on any atom is 0.416 e. The normalized spacial score (nSPS) is 20.0. The number of urea groups is 1. The Balaban J connectivity index is 1.23. The number of rotatable bonds is 7. The molecule has 1 aliphatic carbocycles. The van der Waals surface area contributed by atoms with Crippen LogP contribution in [0.5, 0.6) is 0 Å². The van der Waals surface area contributed by atoms with Gasteiger partial charge < -0.3 is 21.3 Å². The zero-order valence-electron chi connectivity index (χ0n) is 23.6. The van der Waals surface area contributed by atoms with Crippen LogP contribution in [-0.2, 0) is 11.0 Å². The van der Waals surface area contributed by atoms with Gasteiger partial charge in [-0.25, -0.2) is 4.79 Å². The molecule has 1 saturated carbocycles. The second-order valence-corrected chi connectivity index (χ2v) is 11.9. The highest BCUT2D eigenvalue weighted by molar-refractivity contribution is 5.99. The Labute approximate surface area is 238 Å². The molecule has 11 heteroatoms. The van der Waals surface area contributed by atoms with Crippen molar-refractivity contribution in [3.8, 4) is 0 Å². The molecule has 0 atom stereocenters. The summed E-state index contributed by atoms with van der Waals surface area (Å²) in [6.45, 7) is 6.27. The van der Waals surface area contributed by atoms with Gasteiger partial charge in [-0.2, -0.15) is 13.2 Å². The molecule has 2 aromatic rings. The molecular formula is C30H38F3N5O3. The first-order valence-electron chi connectivity index (χ1n) is 13.9. The fourth-order valence-electron chi connectivity index (χ4n) is 5.44. The lowest BCUT2D eigenvalue weighted by Gasteiger charge is -2.46. The summed E-state index contributed by atoms with van der Waals surface area (Å²) >= 11 is 0. The van der Waals surface area contributed by atoms with Crippen molar-refractivity contribution in [3.63, 3.8) is 0 Å². The van der Waals surface area contributed by atoms with Gasteiger partial charge in [-0.3, -0.25) is 14.5 Å². The van der Waals surface area contributed by atoms with Crippen LogP contribution in [0.4, 0.5) is 23.7 Å². The predicted octanol–water partition coefficient (Wildman–Crippen LogP) is 4.88. The maximum absolute atomic E-state index is 13.5. The Morgan fingerprint density at radius 1 is 0.927 bits per heavy atom. The third kappa shape index (κ3) is 8.69. The second-order valence-electron chi connectivity index (χ2n) is 11.9. The standard InChI is InChI=1S/C30H38F3N5O3/c1-29(2,3)37-28(41)36-23-14-21(13-22(15-23)30(31,32)33)27(40)34-16-26(39)35-24-17-38(18-24)25-11-9-20(10-12-25)19-7-5-4-6-8-19/h4-8,13-15,20,24-25H,9-12,16-18H2,1-3H3,(H,34,40)(H,35,39)(H2,36,37,41)/t20-,25+. The number of likely N-dealkylation sites (tertiary alicyclic amines) is 1. The van der Waals surface area contributed by atoms with Crippen LogP contribution >= 0.6 is 0 Å². The molecule has 2 aromatic carbocycles. The van der Waals surface area contributed by atoms with E-state index < -0.39 is 35.1 Å². The fraction of sp³-hybridized carbons (Fsp3) is 0.500. The topological polar surface area (TPSA) is 103 Å². The molecule has 1 saturated heterocycles. The Bertz CT molecular complexity index is 1230. The van der Waals surface area contributed by atoms with Crippen molar-refractivity contribution in [2.24, 2.45) is 0 Å². The third-order valence-corrected chi connectivity index (χ3v) is 7.44. The van der Waals surface area contributed by atoms with Crippen molar-refractivity contribution in [1.29, 1.82) is 0 Å². The van der Waals surface area contributed by atoms with Crippen LogP contribution in [0.2, 0.25) is 0 Å². The van der Waals surface area contributed by atoms with Crippen LogP contribution in [0.15, 0.2) is 48.5 Å². The quantitative estimate of drug-likeness (QED) is 0.379. The molecule has 4 amide bonds. The minimum absolute atomic E-state index is 0.0306. The van der Waals surface area contributed by atoms with Gasteiger partial charge in [0.1, 0.15) is 0 Å². The number of anilines is 1. The minimum Gasteiger partial charge on any atom is -0.349 e. The van der Waals surface area contributed by atoms with Crippen LogP contribution in [0.25, 0.3) is 0 Å². The van der Waals surface area contributed by atoms with Crippen LogP contribution in [0.1, 0.15) is 73.9 Å². The Hall–Kier alpha value is -3.60. The molecule has 1 heterocycles. The van der Waals surface area contributed by atoms with Crippen LogP contribution < -0.4 is 21.3 Å². The number of hydrogen-bond donors (Lipinski definition) is 4. The smallest absolute Gasteiger partial charge is 0.349 e. The molecule has 2 fully saturated rings. The molecule has 0 spiro atoms. The summed E-state index contributed by atoms with van der Waals surface area (Å²) in [5, 5.41) is 10.2.